The SMILES string of the molecule is CCN(CC)C(=O)CNC(=O)c1cc(N)c[nH]1. The van der Waals surface area contributed by atoms with Gasteiger partial charge >= 0.3 is 0 Å². The van der Waals surface area contributed by atoms with Crippen molar-refractivity contribution in [3.8, 4) is 0 Å². The van der Waals surface area contributed by atoms with Crippen LogP contribution in [-0.2, 0) is 4.79 Å². The predicted molar refractivity (Wildman–Crippen MR) is 65.5 cm³/mol. The number of H-pyrrole nitrogens is 1. The fourth-order valence-electron chi connectivity index (χ4n) is 1.48. The molecule has 0 spiro atoms. The van der Waals surface area contributed by atoms with Gasteiger partial charge in [0.25, 0.3) is 5.91 Å². The number of carbonyl (C=O) groups is 2. The molecule has 0 aromatic carbocycles. The monoisotopic (exact) mass is 238 g/mol. The Morgan fingerprint density at radius 2 is 2.06 bits per heavy atom. The highest BCUT2D eigenvalue weighted by atomic mass is 16.2. The Balaban J connectivity index is 2.46. The molecule has 0 saturated heterocycles. The lowest BCUT2D eigenvalue weighted by molar-refractivity contribution is -0.129. The number of amides is 2. The zero-order valence-corrected chi connectivity index (χ0v) is 10.1. The van der Waals surface area contributed by atoms with E-state index >= 15 is 0 Å². The van der Waals surface area contributed by atoms with Crippen LogP contribution in [0.2, 0.25) is 0 Å². The summed E-state index contributed by atoms with van der Waals surface area (Å²) in [5.74, 6) is -0.426. The molecular weight excluding hydrogens is 220 g/mol. The number of nitrogens with one attached hydrogen (secondary N) is 2. The summed E-state index contributed by atoms with van der Waals surface area (Å²) >= 11 is 0. The van der Waals surface area contributed by atoms with E-state index in [0.29, 0.717) is 24.5 Å². The van der Waals surface area contributed by atoms with E-state index in [9.17, 15) is 9.59 Å². The number of nitrogens with zero attached hydrogens (tertiary/aromatic N) is 1. The first-order valence-electron chi connectivity index (χ1n) is 5.58. The van der Waals surface area contributed by atoms with Crippen molar-refractivity contribution < 1.29 is 9.59 Å². The number of rotatable bonds is 5. The second kappa shape index (κ2) is 5.93. The van der Waals surface area contributed by atoms with Gasteiger partial charge in [0.1, 0.15) is 5.69 Å². The molecule has 17 heavy (non-hydrogen) atoms. The van der Waals surface area contributed by atoms with E-state index in [1.165, 1.54) is 12.3 Å². The number of nitrogens with two attached hydrogens (primary N) is 1. The van der Waals surface area contributed by atoms with Gasteiger partial charge in [-0.3, -0.25) is 9.59 Å². The summed E-state index contributed by atoms with van der Waals surface area (Å²) in [6.07, 6.45) is 1.53. The highest BCUT2D eigenvalue weighted by Gasteiger charge is 2.12. The van der Waals surface area contributed by atoms with Crippen molar-refractivity contribution in [3.05, 3.63) is 18.0 Å². The topological polar surface area (TPSA) is 91.2 Å². The van der Waals surface area contributed by atoms with Crippen molar-refractivity contribution >= 4 is 17.5 Å². The minimum absolute atomic E-state index is 0.000557. The summed E-state index contributed by atoms with van der Waals surface area (Å²) in [4.78, 5) is 27.6. The van der Waals surface area contributed by atoms with Gasteiger partial charge in [0.2, 0.25) is 5.91 Å². The van der Waals surface area contributed by atoms with Crippen LogP contribution >= 0.6 is 0 Å². The van der Waals surface area contributed by atoms with Gasteiger partial charge in [-0.15, -0.1) is 0 Å². The molecule has 0 radical (unpaired) electrons. The van der Waals surface area contributed by atoms with E-state index in [4.69, 9.17) is 5.73 Å². The van der Waals surface area contributed by atoms with Gasteiger partial charge in [0.05, 0.1) is 6.54 Å². The van der Waals surface area contributed by atoms with Crippen LogP contribution in [0, 0.1) is 0 Å². The average molecular weight is 238 g/mol. The average Bonchev–Trinajstić information content (AvgIpc) is 2.74. The lowest BCUT2D eigenvalue weighted by atomic mass is 10.3. The van der Waals surface area contributed by atoms with E-state index in [1.807, 2.05) is 13.8 Å². The Kier molecular flexibility index (Phi) is 4.56. The molecule has 0 atom stereocenters. The molecule has 0 fully saturated rings. The number of hydrogen-bond acceptors (Lipinski definition) is 3. The normalized spacial score (nSPS) is 10.0. The number of likely N-dealkylation sites (N-methyl/N-ethyl adjacent to an activating group) is 1. The predicted octanol–water partition coefficient (Wildman–Crippen LogP) is 0.195. The maximum absolute atomic E-state index is 11.6. The lowest BCUT2D eigenvalue weighted by Gasteiger charge is -2.18. The number of anilines is 1. The van der Waals surface area contributed by atoms with Crippen LogP contribution in [0.4, 0.5) is 5.69 Å². The Morgan fingerprint density at radius 1 is 1.41 bits per heavy atom. The first-order valence-corrected chi connectivity index (χ1v) is 5.58. The largest absolute Gasteiger partial charge is 0.397 e. The van der Waals surface area contributed by atoms with Crippen molar-refractivity contribution in [2.24, 2.45) is 0 Å². The van der Waals surface area contributed by atoms with Gasteiger partial charge in [-0.1, -0.05) is 0 Å². The summed E-state index contributed by atoms with van der Waals surface area (Å²) in [7, 11) is 0. The van der Waals surface area contributed by atoms with Crippen LogP contribution in [0.25, 0.3) is 0 Å². The van der Waals surface area contributed by atoms with Gasteiger partial charge in [-0.05, 0) is 19.9 Å². The summed E-state index contributed by atoms with van der Waals surface area (Å²) in [5.41, 5.74) is 6.32. The molecule has 0 aliphatic rings. The smallest absolute Gasteiger partial charge is 0.268 e. The second-order valence-electron chi connectivity index (χ2n) is 3.60. The van der Waals surface area contributed by atoms with Crippen molar-refractivity contribution in [1.29, 1.82) is 0 Å². The minimum atomic E-state index is -0.331. The molecule has 94 valence electrons. The third kappa shape index (κ3) is 3.51. The molecule has 6 heteroatoms. The molecular formula is C11H18N4O2. The summed E-state index contributed by atoms with van der Waals surface area (Å²) < 4.78 is 0. The second-order valence-corrected chi connectivity index (χ2v) is 3.60. The molecule has 0 unspecified atom stereocenters. The zero-order valence-electron chi connectivity index (χ0n) is 10.1. The number of nitrogen functional groups attached to an aromatic ring is 1. The van der Waals surface area contributed by atoms with E-state index < -0.39 is 0 Å². The Bertz CT molecular complexity index is 396. The molecule has 2 amide bonds. The molecule has 1 heterocycles. The van der Waals surface area contributed by atoms with E-state index in [0.717, 1.165) is 0 Å². The fraction of sp³-hybridized carbons (Fsp3) is 0.455. The van der Waals surface area contributed by atoms with Crippen molar-refractivity contribution in [3.63, 3.8) is 0 Å². The molecule has 0 aliphatic heterocycles. The van der Waals surface area contributed by atoms with E-state index in [1.54, 1.807) is 4.90 Å². The van der Waals surface area contributed by atoms with Gasteiger partial charge in [0, 0.05) is 25.0 Å². The van der Waals surface area contributed by atoms with Gasteiger partial charge in [-0.25, -0.2) is 0 Å². The third-order valence-corrected chi connectivity index (χ3v) is 2.47. The van der Waals surface area contributed by atoms with Crippen LogP contribution < -0.4 is 11.1 Å². The van der Waals surface area contributed by atoms with Crippen LogP contribution in [0.1, 0.15) is 24.3 Å². The highest BCUT2D eigenvalue weighted by molar-refractivity contribution is 5.95. The van der Waals surface area contributed by atoms with E-state index in [-0.39, 0.29) is 18.4 Å². The zero-order chi connectivity index (χ0) is 12.8. The molecule has 0 bridgehead atoms. The van der Waals surface area contributed by atoms with Crippen molar-refractivity contribution in [2.75, 3.05) is 25.4 Å². The summed E-state index contributed by atoms with van der Waals surface area (Å²) in [6, 6.07) is 1.53. The van der Waals surface area contributed by atoms with Gasteiger partial charge < -0.3 is 20.9 Å². The van der Waals surface area contributed by atoms with Crippen LogP contribution in [0.15, 0.2) is 12.3 Å². The number of hydrogen-bond donors (Lipinski definition) is 3. The maximum atomic E-state index is 11.6. The van der Waals surface area contributed by atoms with Gasteiger partial charge in [-0.2, -0.15) is 0 Å². The van der Waals surface area contributed by atoms with Crippen molar-refractivity contribution in [1.82, 2.24) is 15.2 Å². The van der Waals surface area contributed by atoms with Crippen LogP contribution in [-0.4, -0.2) is 41.3 Å². The molecule has 1 rings (SSSR count). The Morgan fingerprint density at radius 3 is 2.53 bits per heavy atom. The quantitative estimate of drug-likeness (QED) is 0.684. The fourth-order valence-corrected chi connectivity index (χ4v) is 1.48. The van der Waals surface area contributed by atoms with Crippen LogP contribution in [0.5, 0.6) is 0 Å². The number of aromatic nitrogens is 1. The van der Waals surface area contributed by atoms with E-state index in [2.05, 4.69) is 10.3 Å². The van der Waals surface area contributed by atoms with Gasteiger partial charge in [0.15, 0.2) is 0 Å². The summed E-state index contributed by atoms with van der Waals surface area (Å²) in [6.45, 7) is 5.07. The number of aromatic amines is 1. The van der Waals surface area contributed by atoms with Crippen molar-refractivity contribution in [2.45, 2.75) is 13.8 Å². The molecule has 1 aromatic rings. The highest BCUT2D eigenvalue weighted by Crippen LogP contribution is 2.03. The molecule has 4 N–H and O–H groups in total. The third-order valence-electron chi connectivity index (χ3n) is 2.47. The molecule has 0 aliphatic carbocycles. The first kappa shape index (κ1) is 13.1. The number of carbonyl (C=O) groups excluding carboxylic acids is 2. The lowest BCUT2D eigenvalue weighted by Crippen LogP contribution is -2.40. The standard InChI is InChI=1S/C11H18N4O2/c1-3-15(4-2)10(16)7-14-11(17)9-5-8(12)6-13-9/h5-6,13H,3-4,7,12H2,1-2H3,(H,14,17). The maximum Gasteiger partial charge on any atom is 0.268 e. The summed E-state index contributed by atoms with van der Waals surface area (Å²) in [5, 5.41) is 2.54. The molecule has 6 nitrogen and oxygen atoms in total. The molecule has 0 saturated carbocycles. The first-order chi connectivity index (χ1) is 8.08. The Labute approximate surface area is 100 Å². The minimum Gasteiger partial charge on any atom is -0.397 e. The Hall–Kier alpha value is -1.98. The van der Waals surface area contributed by atoms with Crippen LogP contribution in [0.3, 0.4) is 0 Å². The molecule has 1 aromatic heterocycles.